The molecule has 0 aliphatic carbocycles. The largest absolute Gasteiger partial charge is 0.464 e. The van der Waals surface area contributed by atoms with Crippen LogP contribution in [0.1, 0.15) is 19.4 Å². The normalized spacial score (nSPS) is 11.3. The Kier molecular flexibility index (Phi) is 4.34. The van der Waals surface area contributed by atoms with Crippen LogP contribution in [0.5, 0.6) is 0 Å². The molecule has 1 aromatic rings. The topological polar surface area (TPSA) is 62.1 Å². The molecule has 16 heavy (non-hydrogen) atoms. The van der Waals surface area contributed by atoms with Crippen molar-refractivity contribution in [2.75, 3.05) is 11.9 Å². The summed E-state index contributed by atoms with van der Waals surface area (Å²) in [7, 11) is 0. The van der Waals surface area contributed by atoms with E-state index in [0.717, 1.165) is 5.69 Å². The van der Waals surface area contributed by atoms with Crippen LogP contribution in [0.15, 0.2) is 24.3 Å². The molecule has 0 bridgehead atoms. The van der Waals surface area contributed by atoms with Crippen LogP contribution in [0.4, 0.5) is 5.69 Å². The first kappa shape index (κ1) is 12.1. The van der Waals surface area contributed by atoms with Crippen molar-refractivity contribution in [3.63, 3.8) is 0 Å². The molecule has 0 fully saturated rings. The number of esters is 1. The summed E-state index contributed by atoms with van der Waals surface area (Å²) in [6.07, 6.45) is 0. The number of rotatable bonds is 4. The highest BCUT2D eigenvalue weighted by atomic mass is 16.5. The second-order valence-corrected chi connectivity index (χ2v) is 3.31. The van der Waals surface area contributed by atoms with Gasteiger partial charge in [-0.1, -0.05) is 0 Å². The molecule has 0 heterocycles. The lowest BCUT2D eigenvalue weighted by Gasteiger charge is -2.13. The molecule has 0 saturated heterocycles. The van der Waals surface area contributed by atoms with E-state index in [1.807, 2.05) is 6.07 Å². The summed E-state index contributed by atoms with van der Waals surface area (Å²) in [6.45, 7) is 3.88. The van der Waals surface area contributed by atoms with Crippen LogP contribution in [-0.4, -0.2) is 18.6 Å². The number of hydrogen-bond acceptors (Lipinski definition) is 4. The fourth-order valence-electron chi connectivity index (χ4n) is 1.22. The summed E-state index contributed by atoms with van der Waals surface area (Å²) in [4.78, 5) is 11.3. The van der Waals surface area contributed by atoms with Crippen LogP contribution in [-0.2, 0) is 9.53 Å². The first-order valence-electron chi connectivity index (χ1n) is 5.10. The van der Waals surface area contributed by atoms with Crippen LogP contribution in [0.3, 0.4) is 0 Å². The molecule has 0 spiro atoms. The fourth-order valence-corrected chi connectivity index (χ4v) is 1.22. The SMILES string of the molecule is CCOC(=O)C(C)Nc1ccc(C#N)cc1. The minimum atomic E-state index is -0.395. The van der Waals surface area contributed by atoms with Crippen LogP contribution in [0.25, 0.3) is 0 Å². The fraction of sp³-hybridized carbons (Fsp3) is 0.333. The molecule has 1 atom stereocenters. The molecule has 1 N–H and O–H groups in total. The summed E-state index contributed by atoms with van der Waals surface area (Å²) in [5.41, 5.74) is 1.38. The molecule has 0 radical (unpaired) electrons. The molecule has 4 nitrogen and oxygen atoms in total. The van der Waals surface area contributed by atoms with Gasteiger partial charge < -0.3 is 10.1 Å². The Morgan fingerprint density at radius 1 is 1.50 bits per heavy atom. The van der Waals surface area contributed by atoms with E-state index in [1.165, 1.54) is 0 Å². The van der Waals surface area contributed by atoms with Crippen molar-refractivity contribution >= 4 is 11.7 Å². The number of carbonyl (C=O) groups is 1. The number of anilines is 1. The first-order chi connectivity index (χ1) is 7.67. The van der Waals surface area contributed by atoms with E-state index in [2.05, 4.69) is 5.32 Å². The number of nitriles is 1. The van der Waals surface area contributed by atoms with E-state index in [0.29, 0.717) is 12.2 Å². The third kappa shape index (κ3) is 3.28. The minimum absolute atomic E-state index is 0.285. The zero-order chi connectivity index (χ0) is 12.0. The van der Waals surface area contributed by atoms with Gasteiger partial charge in [0.2, 0.25) is 0 Å². The first-order valence-corrected chi connectivity index (χ1v) is 5.10. The summed E-state index contributed by atoms with van der Waals surface area (Å²) in [5, 5.41) is 11.6. The zero-order valence-electron chi connectivity index (χ0n) is 9.36. The standard InChI is InChI=1S/C12H14N2O2/c1-3-16-12(15)9(2)14-11-6-4-10(8-13)5-7-11/h4-7,9,14H,3H2,1-2H3. The van der Waals surface area contributed by atoms with Gasteiger partial charge in [-0.2, -0.15) is 5.26 Å². The lowest BCUT2D eigenvalue weighted by atomic mass is 10.2. The molecular formula is C12H14N2O2. The summed E-state index contributed by atoms with van der Waals surface area (Å²) < 4.78 is 4.87. The quantitative estimate of drug-likeness (QED) is 0.784. The predicted octanol–water partition coefficient (Wildman–Crippen LogP) is 1.92. The molecule has 0 amide bonds. The van der Waals surface area contributed by atoms with E-state index in [1.54, 1.807) is 38.1 Å². The predicted molar refractivity (Wildman–Crippen MR) is 60.9 cm³/mol. The molecule has 0 aliphatic rings. The molecule has 1 aromatic carbocycles. The number of ether oxygens (including phenoxy) is 1. The van der Waals surface area contributed by atoms with Crippen LogP contribution in [0, 0.1) is 11.3 Å². The van der Waals surface area contributed by atoms with Gasteiger partial charge in [-0.3, -0.25) is 0 Å². The molecule has 4 heteroatoms. The molecule has 0 saturated carbocycles. The second kappa shape index (κ2) is 5.76. The van der Waals surface area contributed by atoms with Crippen LogP contribution >= 0.6 is 0 Å². The average molecular weight is 218 g/mol. The van der Waals surface area contributed by atoms with Gasteiger partial charge in [0.05, 0.1) is 18.2 Å². The van der Waals surface area contributed by atoms with Gasteiger partial charge in [0.15, 0.2) is 0 Å². The molecule has 0 aromatic heterocycles. The highest BCUT2D eigenvalue weighted by Crippen LogP contribution is 2.10. The van der Waals surface area contributed by atoms with E-state index in [4.69, 9.17) is 10.00 Å². The Morgan fingerprint density at radius 3 is 2.62 bits per heavy atom. The Bertz CT molecular complexity index is 392. The number of nitrogens with zero attached hydrogens (tertiary/aromatic N) is 1. The third-order valence-electron chi connectivity index (χ3n) is 2.04. The highest BCUT2D eigenvalue weighted by molar-refractivity contribution is 5.78. The van der Waals surface area contributed by atoms with Gasteiger partial charge in [-0.15, -0.1) is 0 Å². The second-order valence-electron chi connectivity index (χ2n) is 3.31. The van der Waals surface area contributed by atoms with Gasteiger partial charge in [0.1, 0.15) is 6.04 Å². The van der Waals surface area contributed by atoms with Gasteiger partial charge in [-0.25, -0.2) is 4.79 Å². The number of hydrogen-bond donors (Lipinski definition) is 1. The summed E-state index contributed by atoms with van der Waals surface area (Å²) >= 11 is 0. The maximum absolute atomic E-state index is 11.3. The zero-order valence-corrected chi connectivity index (χ0v) is 9.36. The van der Waals surface area contributed by atoms with E-state index in [9.17, 15) is 4.79 Å². The van der Waals surface area contributed by atoms with Crippen molar-refractivity contribution in [1.82, 2.24) is 0 Å². The molecule has 1 unspecified atom stereocenters. The van der Waals surface area contributed by atoms with Crippen molar-refractivity contribution < 1.29 is 9.53 Å². The van der Waals surface area contributed by atoms with Crippen LogP contribution in [0.2, 0.25) is 0 Å². The Morgan fingerprint density at radius 2 is 2.12 bits per heavy atom. The number of nitrogens with one attached hydrogen (secondary N) is 1. The maximum atomic E-state index is 11.3. The Hall–Kier alpha value is -2.02. The molecule has 0 aliphatic heterocycles. The number of carbonyl (C=O) groups excluding carboxylic acids is 1. The van der Waals surface area contributed by atoms with Crippen molar-refractivity contribution in [2.24, 2.45) is 0 Å². The van der Waals surface area contributed by atoms with Gasteiger partial charge >= 0.3 is 5.97 Å². The van der Waals surface area contributed by atoms with Crippen molar-refractivity contribution in [1.29, 1.82) is 5.26 Å². The van der Waals surface area contributed by atoms with Gasteiger partial charge in [0.25, 0.3) is 0 Å². The van der Waals surface area contributed by atoms with E-state index < -0.39 is 6.04 Å². The number of benzene rings is 1. The Balaban J connectivity index is 2.59. The minimum Gasteiger partial charge on any atom is -0.464 e. The van der Waals surface area contributed by atoms with Gasteiger partial charge in [0, 0.05) is 5.69 Å². The lowest BCUT2D eigenvalue weighted by molar-refractivity contribution is -0.143. The third-order valence-corrected chi connectivity index (χ3v) is 2.04. The molecule has 84 valence electrons. The highest BCUT2D eigenvalue weighted by Gasteiger charge is 2.12. The van der Waals surface area contributed by atoms with Crippen LogP contribution < -0.4 is 5.32 Å². The van der Waals surface area contributed by atoms with Crippen molar-refractivity contribution in [3.05, 3.63) is 29.8 Å². The molecular weight excluding hydrogens is 204 g/mol. The maximum Gasteiger partial charge on any atom is 0.328 e. The molecule has 1 rings (SSSR count). The van der Waals surface area contributed by atoms with Gasteiger partial charge in [-0.05, 0) is 38.1 Å². The monoisotopic (exact) mass is 218 g/mol. The van der Waals surface area contributed by atoms with E-state index >= 15 is 0 Å². The van der Waals surface area contributed by atoms with E-state index in [-0.39, 0.29) is 5.97 Å². The summed E-state index contributed by atoms with van der Waals surface area (Å²) in [5.74, 6) is -0.285. The van der Waals surface area contributed by atoms with Crippen molar-refractivity contribution in [3.8, 4) is 6.07 Å². The lowest BCUT2D eigenvalue weighted by Crippen LogP contribution is -2.28. The Labute approximate surface area is 94.8 Å². The smallest absolute Gasteiger partial charge is 0.328 e. The van der Waals surface area contributed by atoms with Crippen molar-refractivity contribution in [2.45, 2.75) is 19.9 Å². The average Bonchev–Trinajstić information content (AvgIpc) is 2.30. The summed E-state index contributed by atoms with van der Waals surface area (Å²) in [6, 6.07) is 8.54.